The summed E-state index contributed by atoms with van der Waals surface area (Å²) in [4.78, 5) is 19.5. The number of nitrogens with zero attached hydrogens (tertiary/aromatic N) is 1. The SMILES string of the molecule is COc1ccc(CNC(=O)Cc2c[nH]c3ncccc23)c(OC)c1. The Morgan fingerprint density at radius 2 is 2.08 bits per heavy atom. The Labute approximate surface area is 139 Å². The van der Waals surface area contributed by atoms with Crippen molar-refractivity contribution in [3.63, 3.8) is 0 Å². The molecule has 0 fully saturated rings. The summed E-state index contributed by atoms with van der Waals surface area (Å²) in [5.74, 6) is 1.34. The van der Waals surface area contributed by atoms with E-state index in [0.717, 1.165) is 22.2 Å². The van der Waals surface area contributed by atoms with Crippen LogP contribution in [0.25, 0.3) is 11.0 Å². The Morgan fingerprint density at radius 1 is 1.21 bits per heavy atom. The molecule has 0 aliphatic carbocycles. The molecule has 0 radical (unpaired) electrons. The van der Waals surface area contributed by atoms with Crippen molar-refractivity contribution in [2.24, 2.45) is 0 Å². The largest absolute Gasteiger partial charge is 0.497 e. The smallest absolute Gasteiger partial charge is 0.224 e. The monoisotopic (exact) mass is 325 g/mol. The fraction of sp³-hybridized carbons (Fsp3) is 0.222. The molecule has 0 aliphatic heterocycles. The molecule has 3 rings (SSSR count). The number of aromatic amines is 1. The Bertz CT molecular complexity index is 858. The average molecular weight is 325 g/mol. The van der Waals surface area contributed by atoms with Gasteiger partial charge < -0.3 is 19.8 Å². The van der Waals surface area contributed by atoms with E-state index in [1.807, 2.05) is 30.5 Å². The number of rotatable bonds is 6. The quantitative estimate of drug-likeness (QED) is 0.730. The summed E-state index contributed by atoms with van der Waals surface area (Å²) < 4.78 is 10.5. The summed E-state index contributed by atoms with van der Waals surface area (Å²) in [7, 11) is 3.20. The van der Waals surface area contributed by atoms with Crippen LogP contribution >= 0.6 is 0 Å². The molecule has 0 bridgehead atoms. The van der Waals surface area contributed by atoms with E-state index >= 15 is 0 Å². The van der Waals surface area contributed by atoms with Crippen molar-refractivity contribution in [1.82, 2.24) is 15.3 Å². The minimum Gasteiger partial charge on any atom is -0.497 e. The maximum Gasteiger partial charge on any atom is 0.224 e. The van der Waals surface area contributed by atoms with E-state index in [0.29, 0.717) is 24.5 Å². The first kappa shape index (κ1) is 15.9. The van der Waals surface area contributed by atoms with Gasteiger partial charge in [0, 0.05) is 36.0 Å². The average Bonchev–Trinajstić information content (AvgIpc) is 3.03. The molecule has 1 amide bonds. The zero-order valence-corrected chi connectivity index (χ0v) is 13.6. The molecule has 1 aromatic carbocycles. The van der Waals surface area contributed by atoms with Crippen LogP contribution in [0.4, 0.5) is 0 Å². The van der Waals surface area contributed by atoms with Crippen molar-refractivity contribution in [3.05, 3.63) is 53.9 Å². The Balaban J connectivity index is 1.65. The van der Waals surface area contributed by atoms with Gasteiger partial charge in [0.25, 0.3) is 0 Å². The molecule has 6 nitrogen and oxygen atoms in total. The zero-order valence-electron chi connectivity index (χ0n) is 13.6. The number of ether oxygens (including phenoxy) is 2. The molecule has 0 saturated heterocycles. The molecule has 124 valence electrons. The summed E-state index contributed by atoms with van der Waals surface area (Å²) in [5, 5.41) is 3.89. The van der Waals surface area contributed by atoms with E-state index in [1.54, 1.807) is 26.5 Å². The van der Waals surface area contributed by atoms with Crippen LogP contribution in [0, 0.1) is 0 Å². The highest BCUT2D eigenvalue weighted by atomic mass is 16.5. The molecule has 0 aliphatic rings. The molecular formula is C18H19N3O3. The fourth-order valence-corrected chi connectivity index (χ4v) is 2.59. The van der Waals surface area contributed by atoms with Gasteiger partial charge in [0.2, 0.25) is 5.91 Å². The molecule has 0 saturated carbocycles. The molecule has 2 N–H and O–H groups in total. The number of carbonyl (C=O) groups is 1. The zero-order chi connectivity index (χ0) is 16.9. The lowest BCUT2D eigenvalue weighted by Gasteiger charge is -2.11. The summed E-state index contributed by atoms with van der Waals surface area (Å²) in [6.07, 6.45) is 3.84. The van der Waals surface area contributed by atoms with Gasteiger partial charge in [-0.15, -0.1) is 0 Å². The number of benzene rings is 1. The number of H-pyrrole nitrogens is 1. The van der Waals surface area contributed by atoms with Gasteiger partial charge in [-0.25, -0.2) is 4.98 Å². The standard InChI is InChI=1S/C18H19N3O3/c1-23-14-6-5-12(16(9-14)24-2)10-20-17(22)8-13-11-21-18-15(13)4-3-7-19-18/h3-7,9,11H,8,10H2,1-2H3,(H,19,21)(H,20,22). The minimum absolute atomic E-state index is 0.0578. The predicted octanol–water partition coefficient (Wildman–Crippen LogP) is 2.44. The van der Waals surface area contributed by atoms with Gasteiger partial charge in [-0.1, -0.05) is 0 Å². The van der Waals surface area contributed by atoms with E-state index in [-0.39, 0.29) is 5.91 Å². The number of hydrogen-bond donors (Lipinski definition) is 2. The number of methoxy groups -OCH3 is 2. The molecule has 0 atom stereocenters. The maximum absolute atomic E-state index is 12.2. The molecule has 2 heterocycles. The van der Waals surface area contributed by atoms with E-state index in [4.69, 9.17) is 9.47 Å². The third-order valence-corrected chi connectivity index (χ3v) is 3.86. The topological polar surface area (TPSA) is 76.2 Å². The van der Waals surface area contributed by atoms with Crippen LogP contribution in [0.15, 0.2) is 42.7 Å². The maximum atomic E-state index is 12.2. The van der Waals surface area contributed by atoms with Crippen LogP contribution in [0.3, 0.4) is 0 Å². The highest BCUT2D eigenvalue weighted by molar-refractivity contribution is 5.87. The molecular weight excluding hydrogens is 306 g/mol. The van der Waals surface area contributed by atoms with E-state index < -0.39 is 0 Å². The molecule has 0 unspecified atom stereocenters. The highest BCUT2D eigenvalue weighted by Gasteiger charge is 2.11. The van der Waals surface area contributed by atoms with Crippen LogP contribution in [0.5, 0.6) is 11.5 Å². The molecule has 3 aromatic rings. The van der Waals surface area contributed by atoms with Crippen LogP contribution in [-0.4, -0.2) is 30.1 Å². The number of carbonyl (C=O) groups excluding carboxylic acids is 1. The summed E-state index contributed by atoms with van der Waals surface area (Å²) >= 11 is 0. The van der Waals surface area contributed by atoms with Crippen molar-refractivity contribution < 1.29 is 14.3 Å². The van der Waals surface area contributed by atoms with Gasteiger partial charge in [-0.3, -0.25) is 4.79 Å². The van der Waals surface area contributed by atoms with Crippen molar-refractivity contribution in [2.75, 3.05) is 14.2 Å². The first-order valence-electron chi connectivity index (χ1n) is 7.60. The third-order valence-electron chi connectivity index (χ3n) is 3.86. The number of hydrogen-bond acceptors (Lipinski definition) is 4. The predicted molar refractivity (Wildman–Crippen MR) is 91.2 cm³/mol. The van der Waals surface area contributed by atoms with Crippen LogP contribution in [0.2, 0.25) is 0 Å². The number of amides is 1. The lowest BCUT2D eigenvalue weighted by atomic mass is 10.1. The summed E-state index contributed by atoms with van der Waals surface area (Å²) in [6.45, 7) is 0.395. The molecule has 0 spiro atoms. The number of pyridine rings is 1. The van der Waals surface area contributed by atoms with Gasteiger partial charge in [-0.05, 0) is 29.8 Å². The summed E-state index contributed by atoms with van der Waals surface area (Å²) in [5.41, 5.74) is 2.61. The van der Waals surface area contributed by atoms with Crippen molar-refractivity contribution >= 4 is 16.9 Å². The van der Waals surface area contributed by atoms with Gasteiger partial charge in [0.1, 0.15) is 17.1 Å². The highest BCUT2D eigenvalue weighted by Crippen LogP contribution is 2.24. The first-order chi connectivity index (χ1) is 11.7. The number of nitrogens with one attached hydrogen (secondary N) is 2. The van der Waals surface area contributed by atoms with E-state index in [2.05, 4.69) is 15.3 Å². The molecule has 24 heavy (non-hydrogen) atoms. The van der Waals surface area contributed by atoms with Crippen molar-refractivity contribution in [1.29, 1.82) is 0 Å². The van der Waals surface area contributed by atoms with Gasteiger partial charge >= 0.3 is 0 Å². The fourth-order valence-electron chi connectivity index (χ4n) is 2.59. The normalized spacial score (nSPS) is 10.6. The molecule has 6 heteroatoms. The van der Waals surface area contributed by atoms with Gasteiger partial charge in [0.05, 0.1) is 20.6 Å². The van der Waals surface area contributed by atoms with Crippen molar-refractivity contribution in [2.45, 2.75) is 13.0 Å². The second-order valence-electron chi connectivity index (χ2n) is 5.34. The van der Waals surface area contributed by atoms with Crippen LogP contribution in [0.1, 0.15) is 11.1 Å². The Morgan fingerprint density at radius 3 is 2.88 bits per heavy atom. The summed E-state index contributed by atoms with van der Waals surface area (Å²) in [6, 6.07) is 9.34. The lowest BCUT2D eigenvalue weighted by Crippen LogP contribution is -2.24. The van der Waals surface area contributed by atoms with Crippen LogP contribution < -0.4 is 14.8 Å². The molecule has 2 aromatic heterocycles. The van der Waals surface area contributed by atoms with Gasteiger partial charge in [0.15, 0.2) is 0 Å². The second-order valence-corrected chi connectivity index (χ2v) is 5.34. The Hall–Kier alpha value is -3.02. The lowest BCUT2D eigenvalue weighted by molar-refractivity contribution is -0.120. The first-order valence-corrected chi connectivity index (χ1v) is 7.60. The number of fused-ring (bicyclic) bond motifs is 1. The van der Waals surface area contributed by atoms with Gasteiger partial charge in [-0.2, -0.15) is 0 Å². The third kappa shape index (κ3) is 3.32. The van der Waals surface area contributed by atoms with Crippen molar-refractivity contribution in [3.8, 4) is 11.5 Å². The van der Waals surface area contributed by atoms with E-state index in [1.165, 1.54) is 0 Å². The number of aromatic nitrogens is 2. The Kier molecular flexibility index (Phi) is 4.65. The second kappa shape index (κ2) is 7.04. The van der Waals surface area contributed by atoms with Crippen LogP contribution in [-0.2, 0) is 17.8 Å². The minimum atomic E-state index is -0.0578. The van der Waals surface area contributed by atoms with E-state index in [9.17, 15) is 4.79 Å².